The molecule has 0 aliphatic heterocycles. The van der Waals surface area contributed by atoms with Gasteiger partial charge in [-0.2, -0.15) is 0 Å². The quantitative estimate of drug-likeness (QED) is 0.508. The fraction of sp³-hybridized carbons (Fsp3) is 0.118. The summed E-state index contributed by atoms with van der Waals surface area (Å²) in [4.78, 5) is 0. The molecule has 4 rings (SSSR count). The number of hydrogen-bond acceptors (Lipinski definition) is 6. The van der Waals surface area contributed by atoms with Gasteiger partial charge in [0.25, 0.3) is 0 Å². The lowest BCUT2D eigenvalue weighted by atomic mass is 10.1. The lowest BCUT2D eigenvalue weighted by molar-refractivity contribution is 0.184. The van der Waals surface area contributed by atoms with Crippen LogP contribution in [0.25, 0.3) is 22.6 Å². The van der Waals surface area contributed by atoms with Crippen molar-refractivity contribution in [3.63, 3.8) is 0 Å². The maximum Gasteiger partial charge on any atom is 0.228 e. The average molecular weight is 392 g/mol. The Hall–Kier alpha value is -3.20. The molecule has 0 saturated carbocycles. The highest BCUT2D eigenvalue weighted by Gasteiger charge is 2.12. The van der Waals surface area contributed by atoms with Gasteiger partial charge in [0.05, 0.1) is 0 Å². The van der Waals surface area contributed by atoms with Crippen molar-refractivity contribution in [1.29, 1.82) is 0 Å². The van der Waals surface area contributed by atoms with Gasteiger partial charge in [-0.05, 0) is 46.3 Å². The Morgan fingerprint density at radius 3 is 2.89 bits per heavy atom. The second-order valence-electron chi connectivity index (χ2n) is 5.59. The summed E-state index contributed by atoms with van der Waals surface area (Å²) < 4.78 is 36.2. The molecule has 0 bridgehead atoms. The summed E-state index contributed by atoms with van der Waals surface area (Å²) in [6, 6.07) is 9.44. The summed E-state index contributed by atoms with van der Waals surface area (Å²) >= 11 is 6.35. The Morgan fingerprint density at radius 1 is 1.22 bits per heavy atom. The Kier molecular flexibility index (Phi) is 4.59. The van der Waals surface area contributed by atoms with Gasteiger partial charge in [-0.15, -0.1) is 5.10 Å². The number of H-pyrrole nitrogens is 1. The third kappa shape index (κ3) is 3.54. The lowest BCUT2D eigenvalue weighted by Crippen LogP contribution is -2.01. The molecule has 2 N–H and O–H groups in total. The molecule has 0 fully saturated rings. The highest BCUT2D eigenvalue weighted by Crippen LogP contribution is 2.31. The van der Waals surface area contributed by atoms with Crippen molar-refractivity contribution in [3.05, 3.63) is 52.8 Å². The SMILES string of the molecule is FCOc1cc(NCc2cc3oc(-c4nnn[nH]4)cc3cc2Cl)ccc1F. The van der Waals surface area contributed by atoms with Gasteiger partial charge in [-0.3, -0.25) is 0 Å². The number of nitrogens with one attached hydrogen (secondary N) is 2. The second-order valence-corrected chi connectivity index (χ2v) is 6.00. The van der Waals surface area contributed by atoms with E-state index in [1.54, 1.807) is 18.2 Å². The Balaban J connectivity index is 1.57. The van der Waals surface area contributed by atoms with Crippen molar-refractivity contribution in [2.45, 2.75) is 6.54 Å². The van der Waals surface area contributed by atoms with E-state index < -0.39 is 12.7 Å². The van der Waals surface area contributed by atoms with Gasteiger partial charge in [-0.1, -0.05) is 11.6 Å². The van der Waals surface area contributed by atoms with E-state index in [1.807, 2.05) is 0 Å². The van der Waals surface area contributed by atoms with E-state index in [2.05, 4.69) is 30.7 Å². The molecule has 0 unspecified atom stereocenters. The third-order valence-corrected chi connectivity index (χ3v) is 4.24. The maximum atomic E-state index is 13.5. The predicted molar refractivity (Wildman–Crippen MR) is 94.7 cm³/mol. The van der Waals surface area contributed by atoms with Gasteiger partial charge >= 0.3 is 0 Å². The summed E-state index contributed by atoms with van der Waals surface area (Å²) in [5.74, 6) is 0.0968. The smallest absolute Gasteiger partial charge is 0.228 e. The van der Waals surface area contributed by atoms with Crippen LogP contribution in [0, 0.1) is 5.82 Å². The zero-order chi connectivity index (χ0) is 18.8. The number of benzene rings is 2. The van der Waals surface area contributed by atoms with Gasteiger partial charge in [-0.25, -0.2) is 13.9 Å². The standard InChI is InChI=1S/C17H12ClF2N5O2/c18-12-3-9-4-16(17-22-24-25-23-17)27-14(9)5-10(12)7-21-11-1-2-13(20)15(6-11)26-8-19/h1-6,21H,7-8H2,(H,22,23,24,25). The van der Waals surface area contributed by atoms with Crippen LogP contribution in [0.1, 0.15) is 5.56 Å². The van der Waals surface area contributed by atoms with Crippen LogP contribution in [0.5, 0.6) is 5.75 Å². The summed E-state index contributed by atoms with van der Waals surface area (Å²) in [6.07, 6.45) is 0. The number of anilines is 1. The Labute approximate surface area is 156 Å². The van der Waals surface area contributed by atoms with Crippen molar-refractivity contribution >= 4 is 28.3 Å². The Morgan fingerprint density at radius 2 is 2.11 bits per heavy atom. The van der Waals surface area contributed by atoms with Gasteiger partial charge in [0.1, 0.15) is 5.58 Å². The van der Waals surface area contributed by atoms with Crippen LogP contribution in [-0.2, 0) is 6.54 Å². The predicted octanol–water partition coefficient (Wildman–Crippen LogP) is 4.32. The largest absolute Gasteiger partial charge is 0.460 e. The maximum absolute atomic E-state index is 13.5. The number of ether oxygens (including phenoxy) is 1. The molecule has 10 heteroatoms. The van der Waals surface area contributed by atoms with Crippen LogP contribution < -0.4 is 10.1 Å². The van der Waals surface area contributed by atoms with E-state index in [9.17, 15) is 8.78 Å². The number of alkyl halides is 1. The molecule has 7 nitrogen and oxygen atoms in total. The van der Waals surface area contributed by atoms with E-state index in [-0.39, 0.29) is 5.75 Å². The summed E-state index contributed by atoms with van der Waals surface area (Å²) in [5.41, 5.74) is 1.94. The highest BCUT2D eigenvalue weighted by atomic mass is 35.5. The number of aromatic nitrogens is 4. The van der Waals surface area contributed by atoms with Gasteiger partial charge < -0.3 is 14.5 Å². The normalized spacial score (nSPS) is 11.1. The molecule has 0 aliphatic rings. The fourth-order valence-corrected chi connectivity index (χ4v) is 2.84. The molecule has 0 amide bonds. The first-order valence-electron chi connectivity index (χ1n) is 7.82. The number of tetrazole rings is 1. The van der Waals surface area contributed by atoms with Crippen LogP contribution in [-0.4, -0.2) is 27.5 Å². The molecular weight excluding hydrogens is 380 g/mol. The van der Waals surface area contributed by atoms with Crippen molar-refractivity contribution in [3.8, 4) is 17.3 Å². The third-order valence-electron chi connectivity index (χ3n) is 3.89. The molecule has 2 aromatic carbocycles. The molecule has 2 heterocycles. The minimum atomic E-state index is -1.11. The minimum Gasteiger partial charge on any atom is -0.460 e. The van der Waals surface area contributed by atoms with Crippen LogP contribution in [0.2, 0.25) is 5.02 Å². The molecular formula is C17H12ClF2N5O2. The minimum absolute atomic E-state index is 0.166. The number of fused-ring (bicyclic) bond motifs is 1. The second kappa shape index (κ2) is 7.20. The zero-order valence-electron chi connectivity index (χ0n) is 13.7. The van der Waals surface area contributed by atoms with Gasteiger partial charge in [0.15, 0.2) is 17.3 Å². The number of rotatable bonds is 6. The molecule has 0 atom stereocenters. The molecule has 2 aromatic heterocycles. The molecule has 0 radical (unpaired) electrons. The highest BCUT2D eigenvalue weighted by molar-refractivity contribution is 6.32. The first kappa shape index (κ1) is 17.2. The lowest BCUT2D eigenvalue weighted by Gasteiger charge is -2.10. The van der Waals surface area contributed by atoms with Crippen molar-refractivity contribution in [2.24, 2.45) is 0 Å². The molecule has 4 aromatic rings. The fourth-order valence-electron chi connectivity index (χ4n) is 2.60. The first-order chi connectivity index (χ1) is 13.1. The molecule has 138 valence electrons. The van der Waals surface area contributed by atoms with Crippen molar-refractivity contribution < 1.29 is 17.9 Å². The van der Waals surface area contributed by atoms with E-state index in [0.29, 0.717) is 34.4 Å². The number of aromatic amines is 1. The molecule has 0 saturated heterocycles. The van der Waals surface area contributed by atoms with Crippen LogP contribution in [0.3, 0.4) is 0 Å². The van der Waals surface area contributed by atoms with E-state index in [4.69, 9.17) is 16.0 Å². The van der Waals surface area contributed by atoms with E-state index in [0.717, 1.165) is 10.9 Å². The summed E-state index contributed by atoms with van der Waals surface area (Å²) in [6.45, 7) is -0.764. The first-order valence-corrected chi connectivity index (χ1v) is 8.20. The van der Waals surface area contributed by atoms with Crippen molar-refractivity contribution in [2.75, 3.05) is 12.2 Å². The van der Waals surface area contributed by atoms with Gasteiger partial charge in [0, 0.05) is 28.7 Å². The van der Waals surface area contributed by atoms with E-state index in [1.165, 1.54) is 18.2 Å². The monoisotopic (exact) mass is 391 g/mol. The van der Waals surface area contributed by atoms with Gasteiger partial charge in [0.2, 0.25) is 12.7 Å². The Bertz CT molecular complexity index is 1080. The number of halogens is 3. The molecule has 0 aliphatic carbocycles. The van der Waals surface area contributed by atoms with E-state index >= 15 is 0 Å². The van der Waals surface area contributed by atoms with Crippen LogP contribution >= 0.6 is 11.6 Å². The number of furan rings is 1. The molecule has 27 heavy (non-hydrogen) atoms. The number of nitrogens with zero attached hydrogens (tertiary/aromatic N) is 3. The average Bonchev–Trinajstić information content (AvgIpc) is 3.31. The molecule has 0 spiro atoms. The van der Waals surface area contributed by atoms with Crippen LogP contribution in [0.15, 0.2) is 40.8 Å². The summed E-state index contributed by atoms with van der Waals surface area (Å²) in [5, 5.41) is 17.9. The number of hydrogen-bond donors (Lipinski definition) is 2. The topological polar surface area (TPSA) is 88.9 Å². The zero-order valence-corrected chi connectivity index (χ0v) is 14.4. The summed E-state index contributed by atoms with van der Waals surface area (Å²) in [7, 11) is 0. The van der Waals surface area contributed by atoms with Crippen LogP contribution in [0.4, 0.5) is 14.5 Å². The van der Waals surface area contributed by atoms with Crippen molar-refractivity contribution in [1.82, 2.24) is 20.6 Å².